The van der Waals surface area contributed by atoms with E-state index in [1.54, 1.807) is 0 Å². The van der Waals surface area contributed by atoms with Gasteiger partial charge in [0.15, 0.2) is 0 Å². The largest absolute Gasteiger partial charge is 0.463 e. The van der Waals surface area contributed by atoms with Crippen LogP contribution in [-0.4, -0.2) is 35.7 Å². The molecule has 0 bridgehead atoms. The first kappa shape index (κ1) is 24.3. The van der Waals surface area contributed by atoms with E-state index in [2.05, 4.69) is 25.3 Å². The topological polar surface area (TPSA) is 52.6 Å². The molecule has 0 aliphatic heterocycles. The summed E-state index contributed by atoms with van der Waals surface area (Å²) in [6.07, 6.45) is 0.803. The van der Waals surface area contributed by atoms with Crippen molar-refractivity contribution in [2.24, 2.45) is 0 Å². The molecule has 0 N–H and O–H groups in total. The number of hydrogen-bond acceptors (Lipinski definition) is 6. The minimum absolute atomic E-state index is 0. The summed E-state index contributed by atoms with van der Waals surface area (Å²) in [6, 6.07) is 0. The van der Waals surface area contributed by atoms with E-state index in [0.29, 0.717) is 24.3 Å². The first-order chi connectivity index (χ1) is 8.33. The van der Waals surface area contributed by atoms with Crippen LogP contribution < -0.4 is 0 Å². The molecule has 0 spiro atoms. The second-order valence-corrected chi connectivity index (χ2v) is 4.92. The molecule has 0 unspecified atom stereocenters. The quantitative estimate of drug-likeness (QED) is 0.433. The number of thiol groups is 2. The molecule has 0 aromatic rings. The van der Waals surface area contributed by atoms with Crippen LogP contribution in [0.5, 0.6) is 0 Å². The van der Waals surface area contributed by atoms with E-state index < -0.39 is 0 Å². The maximum Gasteiger partial charge on any atom is 0.306 e. The molecule has 0 atom stereocenters. The van der Waals surface area contributed by atoms with Gasteiger partial charge in [0.1, 0.15) is 0 Å². The predicted molar refractivity (Wildman–Crippen MR) is 79.4 cm³/mol. The summed E-state index contributed by atoms with van der Waals surface area (Å²) in [5.74, 6) is 0.789. The Morgan fingerprint density at radius 1 is 0.842 bits per heavy atom. The Morgan fingerprint density at radius 2 is 1.11 bits per heavy atom. The average molecular weight is 362 g/mol. The zero-order valence-corrected chi connectivity index (χ0v) is 17.0. The van der Waals surface area contributed by atoms with Gasteiger partial charge in [0.2, 0.25) is 0 Å². The molecule has 0 rings (SSSR count). The van der Waals surface area contributed by atoms with Gasteiger partial charge in [-0.25, -0.2) is 0 Å². The molecular formula is C12H24O4S2Zn. The van der Waals surface area contributed by atoms with Gasteiger partial charge in [0, 0.05) is 31.0 Å². The maximum absolute atomic E-state index is 10.6. The summed E-state index contributed by atoms with van der Waals surface area (Å²) in [5.41, 5.74) is 0. The van der Waals surface area contributed by atoms with Gasteiger partial charge >= 0.3 is 11.9 Å². The second-order valence-electron chi connectivity index (χ2n) is 4.02. The molecule has 0 aliphatic rings. The van der Waals surface area contributed by atoms with Gasteiger partial charge in [-0.2, -0.15) is 25.3 Å². The van der Waals surface area contributed by atoms with Gasteiger partial charge < -0.3 is 9.47 Å². The van der Waals surface area contributed by atoms with Crippen molar-refractivity contribution in [3.8, 4) is 0 Å². The monoisotopic (exact) mass is 360 g/mol. The summed E-state index contributed by atoms with van der Waals surface area (Å²) in [6.45, 7) is 7.32. The minimum Gasteiger partial charge on any atom is -0.463 e. The van der Waals surface area contributed by atoms with Crippen LogP contribution in [0.1, 0.15) is 40.5 Å². The number of hydrogen-bond donors (Lipinski definition) is 2. The van der Waals surface area contributed by atoms with Crippen LogP contribution in [0.3, 0.4) is 0 Å². The predicted octanol–water partition coefficient (Wildman–Crippen LogP) is 2.51. The van der Waals surface area contributed by atoms with Crippen LogP contribution in [0.25, 0.3) is 0 Å². The van der Waals surface area contributed by atoms with Crippen molar-refractivity contribution in [1.29, 1.82) is 0 Å². The normalized spacial score (nSPS) is 9.26. The van der Waals surface area contributed by atoms with Crippen molar-refractivity contribution in [3.63, 3.8) is 0 Å². The molecular weight excluding hydrogens is 338 g/mol. The summed E-state index contributed by atoms with van der Waals surface area (Å²) < 4.78 is 9.61. The number of ether oxygens (including phenoxy) is 2. The molecule has 7 heteroatoms. The van der Waals surface area contributed by atoms with Gasteiger partial charge in [-0.15, -0.1) is 0 Å². The van der Waals surface area contributed by atoms with Crippen molar-refractivity contribution in [3.05, 3.63) is 0 Å². The Labute approximate surface area is 140 Å². The van der Waals surface area contributed by atoms with Crippen molar-refractivity contribution in [1.82, 2.24) is 0 Å². The first-order valence-electron chi connectivity index (χ1n) is 5.94. The van der Waals surface area contributed by atoms with Gasteiger partial charge in [0.05, 0.1) is 25.0 Å². The summed E-state index contributed by atoms with van der Waals surface area (Å²) >= 11 is 7.76. The smallest absolute Gasteiger partial charge is 0.306 e. The van der Waals surface area contributed by atoms with E-state index in [0.717, 1.165) is 0 Å². The summed E-state index contributed by atoms with van der Waals surface area (Å²) in [5, 5.41) is 0. The molecule has 0 amide bonds. The third kappa shape index (κ3) is 23.7. The average Bonchev–Trinajstić information content (AvgIpc) is 2.16. The van der Waals surface area contributed by atoms with Crippen LogP contribution in [0.15, 0.2) is 0 Å². The molecule has 0 aromatic carbocycles. The Morgan fingerprint density at radius 3 is 1.26 bits per heavy atom. The molecule has 0 fully saturated rings. The van der Waals surface area contributed by atoms with E-state index in [-0.39, 0.29) is 43.6 Å². The maximum atomic E-state index is 10.6. The zero-order valence-electron chi connectivity index (χ0n) is 12.2. The Bertz CT molecular complexity index is 212. The van der Waals surface area contributed by atoms with Gasteiger partial charge in [-0.05, 0) is 27.7 Å². The molecule has 0 aliphatic carbocycles. The number of carbonyl (C=O) groups is 2. The van der Waals surface area contributed by atoms with E-state index in [1.165, 1.54) is 0 Å². The first-order valence-corrected chi connectivity index (χ1v) is 7.20. The molecule has 4 nitrogen and oxygen atoms in total. The Hall–Kier alpha value is 0.263. The second kappa shape index (κ2) is 16.3. The SMILES string of the molecule is CC(C)OC(=O)CCS.CC(C)OC(=O)CCS.[Zn]. The Balaban J connectivity index is -0.000000256. The molecule has 0 heterocycles. The van der Waals surface area contributed by atoms with Gasteiger partial charge in [-0.3, -0.25) is 9.59 Å². The summed E-state index contributed by atoms with van der Waals surface area (Å²) in [7, 11) is 0. The minimum atomic E-state index is -0.167. The molecule has 0 radical (unpaired) electrons. The summed E-state index contributed by atoms with van der Waals surface area (Å²) in [4.78, 5) is 21.2. The van der Waals surface area contributed by atoms with Crippen LogP contribution >= 0.6 is 25.3 Å². The molecule has 19 heavy (non-hydrogen) atoms. The third-order valence-electron chi connectivity index (χ3n) is 1.37. The van der Waals surface area contributed by atoms with E-state index >= 15 is 0 Å². The fourth-order valence-electron chi connectivity index (χ4n) is 0.826. The number of esters is 2. The molecule has 0 saturated carbocycles. The van der Waals surface area contributed by atoms with E-state index in [9.17, 15) is 9.59 Å². The van der Waals surface area contributed by atoms with Crippen molar-refractivity contribution in [2.75, 3.05) is 11.5 Å². The van der Waals surface area contributed by atoms with E-state index in [1.807, 2.05) is 27.7 Å². The van der Waals surface area contributed by atoms with Gasteiger partial charge in [0.25, 0.3) is 0 Å². The zero-order chi connectivity index (χ0) is 14.6. The number of rotatable bonds is 6. The molecule has 0 saturated heterocycles. The van der Waals surface area contributed by atoms with Crippen molar-refractivity contribution < 1.29 is 38.5 Å². The standard InChI is InChI=1S/2C6H12O2S.Zn/c2*1-5(2)8-6(7)3-4-9;/h2*5,9H,3-4H2,1-2H3;. The molecule has 110 valence electrons. The fraction of sp³-hybridized carbons (Fsp3) is 0.833. The van der Waals surface area contributed by atoms with Crippen molar-refractivity contribution in [2.45, 2.75) is 52.7 Å². The van der Waals surface area contributed by atoms with Crippen molar-refractivity contribution >= 4 is 37.2 Å². The molecule has 0 aromatic heterocycles. The van der Waals surface area contributed by atoms with Crippen LogP contribution in [-0.2, 0) is 38.5 Å². The fourth-order valence-corrected chi connectivity index (χ4v) is 1.19. The third-order valence-corrected chi connectivity index (χ3v) is 1.81. The number of carbonyl (C=O) groups excluding carboxylic acids is 2. The van der Waals surface area contributed by atoms with Gasteiger partial charge in [-0.1, -0.05) is 0 Å². The van der Waals surface area contributed by atoms with Crippen LogP contribution in [0, 0.1) is 0 Å². The Kier molecular flexibility index (Phi) is 20.9. The van der Waals surface area contributed by atoms with Crippen LogP contribution in [0.2, 0.25) is 0 Å². The van der Waals surface area contributed by atoms with Crippen LogP contribution in [0.4, 0.5) is 0 Å². The van der Waals surface area contributed by atoms with E-state index in [4.69, 9.17) is 9.47 Å².